The number of nitrogens with one attached hydrogen (secondary N) is 1. The van der Waals surface area contributed by atoms with E-state index in [9.17, 15) is 0 Å². The molecule has 1 heterocycles. The molecule has 0 amide bonds. The molecule has 1 aromatic carbocycles. The van der Waals surface area contributed by atoms with E-state index in [1.54, 1.807) is 0 Å². The van der Waals surface area contributed by atoms with Crippen LogP contribution < -0.4 is 5.32 Å². The molecule has 0 spiro atoms. The van der Waals surface area contributed by atoms with E-state index in [0.29, 0.717) is 11.6 Å². The van der Waals surface area contributed by atoms with E-state index in [1.807, 2.05) is 35.6 Å². The first kappa shape index (κ1) is 13.8. The van der Waals surface area contributed by atoms with Crippen molar-refractivity contribution in [1.29, 1.82) is 5.26 Å². The van der Waals surface area contributed by atoms with Crippen molar-refractivity contribution in [2.75, 3.05) is 0 Å². The van der Waals surface area contributed by atoms with Crippen LogP contribution in [0.2, 0.25) is 0 Å². The zero-order chi connectivity index (χ0) is 13.8. The van der Waals surface area contributed by atoms with Gasteiger partial charge in [0.15, 0.2) is 0 Å². The Bertz CT molecular complexity index is 590. The van der Waals surface area contributed by atoms with E-state index in [4.69, 9.17) is 5.26 Å². The molecule has 1 N–H and O–H groups in total. The third kappa shape index (κ3) is 3.44. The van der Waals surface area contributed by atoms with Gasteiger partial charge in [-0.2, -0.15) is 5.26 Å². The van der Waals surface area contributed by atoms with Gasteiger partial charge >= 0.3 is 0 Å². The molecule has 2 nitrogen and oxygen atoms in total. The van der Waals surface area contributed by atoms with Crippen LogP contribution in [-0.4, -0.2) is 0 Å². The highest BCUT2D eigenvalue weighted by atomic mass is 32.1. The summed E-state index contributed by atoms with van der Waals surface area (Å²) in [5.74, 6) is 0. The third-order valence-electron chi connectivity index (χ3n) is 3.24. The van der Waals surface area contributed by atoms with Gasteiger partial charge in [0.2, 0.25) is 0 Å². The minimum atomic E-state index is 0.348. The van der Waals surface area contributed by atoms with Crippen LogP contribution in [0.1, 0.15) is 39.4 Å². The van der Waals surface area contributed by atoms with Gasteiger partial charge in [0.25, 0.3) is 0 Å². The molecule has 0 aliphatic rings. The first-order valence-corrected chi connectivity index (χ1v) is 7.21. The van der Waals surface area contributed by atoms with Gasteiger partial charge in [-0.1, -0.05) is 12.1 Å². The van der Waals surface area contributed by atoms with Crippen molar-refractivity contribution in [2.45, 2.75) is 33.4 Å². The van der Waals surface area contributed by atoms with Crippen molar-refractivity contribution in [2.24, 2.45) is 0 Å². The average molecular weight is 270 g/mol. The van der Waals surface area contributed by atoms with E-state index in [-0.39, 0.29) is 0 Å². The predicted molar refractivity (Wildman–Crippen MR) is 80.2 cm³/mol. The molecule has 1 atom stereocenters. The fraction of sp³-hybridized carbons (Fsp3) is 0.312. The molecule has 2 aromatic rings. The van der Waals surface area contributed by atoms with Crippen LogP contribution in [0.4, 0.5) is 0 Å². The number of rotatable bonds is 4. The summed E-state index contributed by atoms with van der Waals surface area (Å²) in [5, 5.41) is 12.3. The molecule has 1 aromatic heterocycles. The molecule has 0 aliphatic carbocycles. The van der Waals surface area contributed by atoms with Crippen molar-refractivity contribution in [3.63, 3.8) is 0 Å². The second-order valence-electron chi connectivity index (χ2n) is 4.78. The summed E-state index contributed by atoms with van der Waals surface area (Å²) in [6.45, 7) is 7.33. The van der Waals surface area contributed by atoms with Crippen LogP contribution in [0.5, 0.6) is 0 Å². The van der Waals surface area contributed by atoms with Gasteiger partial charge in [0.1, 0.15) is 0 Å². The van der Waals surface area contributed by atoms with E-state index in [0.717, 1.165) is 6.54 Å². The zero-order valence-electron chi connectivity index (χ0n) is 11.5. The highest BCUT2D eigenvalue weighted by Gasteiger charge is 2.10. The summed E-state index contributed by atoms with van der Waals surface area (Å²) in [4.78, 5) is 2.75. The lowest BCUT2D eigenvalue weighted by Crippen LogP contribution is -2.18. The van der Waals surface area contributed by atoms with Gasteiger partial charge in [-0.3, -0.25) is 0 Å². The van der Waals surface area contributed by atoms with Crippen molar-refractivity contribution in [3.8, 4) is 6.07 Å². The number of hydrogen-bond acceptors (Lipinski definition) is 3. The Labute approximate surface area is 118 Å². The predicted octanol–water partition coefficient (Wildman–Crippen LogP) is 4.09. The molecular weight excluding hydrogens is 252 g/mol. The topological polar surface area (TPSA) is 35.8 Å². The number of nitriles is 1. The number of nitrogens with zero attached hydrogens (tertiary/aromatic N) is 1. The number of hydrogen-bond donors (Lipinski definition) is 1. The van der Waals surface area contributed by atoms with E-state index in [1.165, 1.54) is 20.9 Å². The van der Waals surface area contributed by atoms with Crippen molar-refractivity contribution < 1.29 is 0 Å². The SMILES string of the molecule is Cc1cc(C(C)NCc2ccc(C#N)cc2)c(C)s1. The fourth-order valence-electron chi connectivity index (χ4n) is 2.16. The molecule has 19 heavy (non-hydrogen) atoms. The maximum absolute atomic E-state index is 8.76. The van der Waals surface area contributed by atoms with Crippen LogP contribution in [0.3, 0.4) is 0 Å². The van der Waals surface area contributed by atoms with Gasteiger partial charge in [0, 0.05) is 22.3 Å². The second-order valence-corrected chi connectivity index (χ2v) is 6.24. The van der Waals surface area contributed by atoms with E-state index < -0.39 is 0 Å². The van der Waals surface area contributed by atoms with Gasteiger partial charge < -0.3 is 5.32 Å². The van der Waals surface area contributed by atoms with Crippen molar-refractivity contribution >= 4 is 11.3 Å². The highest BCUT2D eigenvalue weighted by molar-refractivity contribution is 7.12. The summed E-state index contributed by atoms with van der Waals surface area (Å²) in [6, 6.07) is 12.5. The zero-order valence-corrected chi connectivity index (χ0v) is 12.3. The first-order valence-electron chi connectivity index (χ1n) is 6.39. The summed E-state index contributed by atoms with van der Waals surface area (Å²) in [5.41, 5.74) is 3.30. The molecule has 0 bridgehead atoms. The van der Waals surface area contributed by atoms with Crippen LogP contribution in [0, 0.1) is 25.2 Å². The van der Waals surface area contributed by atoms with Gasteiger partial charge in [-0.15, -0.1) is 11.3 Å². The minimum absolute atomic E-state index is 0.348. The molecule has 0 aliphatic heterocycles. The molecule has 1 unspecified atom stereocenters. The second kappa shape index (κ2) is 6.01. The number of thiophene rings is 1. The summed E-state index contributed by atoms with van der Waals surface area (Å²) in [6.07, 6.45) is 0. The normalized spacial score (nSPS) is 12.1. The Hall–Kier alpha value is -1.63. The Morgan fingerprint density at radius 2 is 1.95 bits per heavy atom. The Morgan fingerprint density at radius 3 is 2.47 bits per heavy atom. The molecule has 0 fully saturated rings. The smallest absolute Gasteiger partial charge is 0.0991 e. The Kier molecular flexibility index (Phi) is 4.36. The van der Waals surface area contributed by atoms with Gasteiger partial charge in [-0.25, -0.2) is 0 Å². The Balaban J connectivity index is 1.98. The molecule has 0 saturated carbocycles. The summed E-state index contributed by atoms with van der Waals surface area (Å²) >= 11 is 1.85. The van der Waals surface area contributed by atoms with Crippen molar-refractivity contribution in [3.05, 3.63) is 56.8 Å². The number of aryl methyl sites for hydroxylation is 2. The molecule has 0 radical (unpaired) electrons. The molecule has 0 saturated heterocycles. The minimum Gasteiger partial charge on any atom is -0.306 e. The fourth-order valence-corrected chi connectivity index (χ4v) is 3.18. The van der Waals surface area contributed by atoms with Crippen molar-refractivity contribution in [1.82, 2.24) is 5.32 Å². The van der Waals surface area contributed by atoms with Gasteiger partial charge in [-0.05, 0) is 50.1 Å². The summed E-state index contributed by atoms with van der Waals surface area (Å²) < 4.78 is 0. The standard InChI is InChI=1S/C16H18N2S/c1-11-8-16(13(3)19-11)12(2)18-10-15-6-4-14(9-17)5-7-15/h4-8,12,18H,10H2,1-3H3. The van der Waals surface area contributed by atoms with Crippen LogP contribution in [0.25, 0.3) is 0 Å². The highest BCUT2D eigenvalue weighted by Crippen LogP contribution is 2.26. The lowest BCUT2D eigenvalue weighted by molar-refractivity contribution is 0.574. The quantitative estimate of drug-likeness (QED) is 0.908. The van der Waals surface area contributed by atoms with Crippen LogP contribution >= 0.6 is 11.3 Å². The van der Waals surface area contributed by atoms with E-state index >= 15 is 0 Å². The molecule has 2 rings (SSSR count). The Morgan fingerprint density at radius 1 is 1.26 bits per heavy atom. The molecule has 3 heteroatoms. The lowest BCUT2D eigenvalue weighted by Gasteiger charge is -2.14. The van der Waals surface area contributed by atoms with Gasteiger partial charge in [0.05, 0.1) is 11.6 Å². The first-order chi connectivity index (χ1) is 9.10. The maximum Gasteiger partial charge on any atom is 0.0991 e. The lowest BCUT2D eigenvalue weighted by atomic mass is 10.1. The summed E-state index contributed by atoms with van der Waals surface area (Å²) in [7, 11) is 0. The van der Waals surface area contributed by atoms with E-state index in [2.05, 4.69) is 38.2 Å². The number of benzene rings is 1. The molecular formula is C16H18N2S. The monoisotopic (exact) mass is 270 g/mol. The molecule has 98 valence electrons. The maximum atomic E-state index is 8.76. The third-order valence-corrected chi connectivity index (χ3v) is 4.22. The van der Waals surface area contributed by atoms with Crippen LogP contribution in [0.15, 0.2) is 30.3 Å². The average Bonchev–Trinajstić information content (AvgIpc) is 2.75. The van der Waals surface area contributed by atoms with Crippen LogP contribution in [-0.2, 0) is 6.54 Å². The largest absolute Gasteiger partial charge is 0.306 e.